The van der Waals surface area contributed by atoms with Crippen molar-refractivity contribution in [1.29, 1.82) is 0 Å². The van der Waals surface area contributed by atoms with Gasteiger partial charge in [0.1, 0.15) is 5.01 Å². The highest BCUT2D eigenvalue weighted by Crippen LogP contribution is 2.22. The molecular weight excluding hydrogens is 318 g/mol. The van der Waals surface area contributed by atoms with Gasteiger partial charge in [0.2, 0.25) is 5.91 Å². The van der Waals surface area contributed by atoms with Crippen LogP contribution in [0.5, 0.6) is 0 Å². The highest BCUT2D eigenvalue weighted by molar-refractivity contribution is 7.13. The Kier molecular flexibility index (Phi) is 5.01. The molecule has 4 nitrogen and oxygen atoms in total. The van der Waals surface area contributed by atoms with Gasteiger partial charge >= 0.3 is 0 Å². The molecule has 1 aromatic carbocycles. The Bertz CT molecular complexity index is 829. The lowest BCUT2D eigenvalue weighted by molar-refractivity contribution is -0.121. The molecule has 0 aliphatic carbocycles. The minimum Gasteiger partial charge on any atom is -0.349 e. The smallest absolute Gasteiger partial charge is 0.226 e. The van der Waals surface area contributed by atoms with Gasteiger partial charge in [0.25, 0.3) is 0 Å². The number of pyridine rings is 1. The molecule has 2 heterocycles. The van der Waals surface area contributed by atoms with Gasteiger partial charge < -0.3 is 5.32 Å². The van der Waals surface area contributed by atoms with E-state index in [1.54, 1.807) is 6.20 Å². The lowest BCUT2D eigenvalue weighted by atomic mass is 10.0. The highest BCUT2D eigenvalue weighted by Gasteiger charge is 2.14. The number of carbonyl (C=O) groups is 1. The fourth-order valence-corrected chi connectivity index (χ4v) is 3.40. The number of aromatic nitrogens is 2. The first kappa shape index (κ1) is 16.3. The van der Waals surface area contributed by atoms with E-state index in [1.807, 2.05) is 48.7 Å². The highest BCUT2D eigenvalue weighted by atomic mass is 32.1. The van der Waals surface area contributed by atoms with E-state index in [-0.39, 0.29) is 18.4 Å². The Balaban J connectivity index is 1.63. The van der Waals surface area contributed by atoms with Crippen LogP contribution in [-0.2, 0) is 11.2 Å². The first-order valence-corrected chi connectivity index (χ1v) is 8.72. The first-order chi connectivity index (χ1) is 11.6. The minimum atomic E-state index is -0.0244. The van der Waals surface area contributed by atoms with E-state index in [0.29, 0.717) is 0 Å². The number of carbonyl (C=O) groups excluding carboxylic acids is 1. The molecule has 1 N–H and O–H groups in total. The van der Waals surface area contributed by atoms with E-state index < -0.39 is 0 Å². The number of thiazole rings is 1. The number of hydrogen-bond acceptors (Lipinski definition) is 4. The fourth-order valence-electron chi connectivity index (χ4n) is 2.60. The van der Waals surface area contributed by atoms with Crippen molar-refractivity contribution in [3.63, 3.8) is 0 Å². The van der Waals surface area contributed by atoms with E-state index in [0.717, 1.165) is 22.0 Å². The third-order valence-corrected chi connectivity index (χ3v) is 4.72. The zero-order valence-corrected chi connectivity index (χ0v) is 14.5. The van der Waals surface area contributed by atoms with E-state index in [4.69, 9.17) is 0 Å². The average Bonchev–Trinajstić information content (AvgIpc) is 3.04. The first-order valence-electron chi connectivity index (χ1n) is 7.84. The lowest BCUT2D eigenvalue weighted by Crippen LogP contribution is -2.28. The number of hydrogen-bond donors (Lipinski definition) is 1. The summed E-state index contributed by atoms with van der Waals surface area (Å²) in [7, 11) is 0. The van der Waals surface area contributed by atoms with Crippen molar-refractivity contribution < 1.29 is 4.79 Å². The monoisotopic (exact) mass is 337 g/mol. The molecule has 0 spiro atoms. The average molecular weight is 337 g/mol. The maximum atomic E-state index is 12.3. The summed E-state index contributed by atoms with van der Waals surface area (Å²) in [6.45, 7) is 4.05. The molecule has 0 aliphatic heterocycles. The van der Waals surface area contributed by atoms with Gasteiger partial charge in [-0.3, -0.25) is 9.78 Å². The minimum absolute atomic E-state index is 0.0207. The summed E-state index contributed by atoms with van der Waals surface area (Å²) in [5.41, 5.74) is 3.92. The second-order valence-electron chi connectivity index (χ2n) is 5.68. The third-order valence-electron chi connectivity index (χ3n) is 3.81. The van der Waals surface area contributed by atoms with Crippen LogP contribution in [0.4, 0.5) is 0 Å². The molecule has 0 bridgehead atoms. The van der Waals surface area contributed by atoms with Crippen molar-refractivity contribution in [3.05, 3.63) is 70.9 Å². The van der Waals surface area contributed by atoms with Crippen molar-refractivity contribution in [3.8, 4) is 10.7 Å². The number of aryl methyl sites for hydroxylation is 1. The van der Waals surface area contributed by atoms with Gasteiger partial charge in [0, 0.05) is 11.6 Å². The Hall–Kier alpha value is -2.53. The number of benzene rings is 1. The molecule has 0 aliphatic rings. The van der Waals surface area contributed by atoms with Gasteiger partial charge in [0.15, 0.2) is 0 Å². The molecule has 0 fully saturated rings. The summed E-state index contributed by atoms with van der Waals surface area (Å²) in [6, 6.07) is 13.8. The summed E-state index contributed by atoms with van der Waals surface area (Å²) in [4.78, 5) is 21.1. The predicted molar refractivity (Wildman–Crippen MR) is 96.8 cm³/mol. The second-order valence-corrected chi connectivity index (χ2v) is 6.54. The van der Waals surface area contributed by atoms with E-state index in [1.165, 1.54) is 16.9 Å². The Morgan fingerprint density at radius 2 is 2.00 bits per heavy atom. The Labute approximate surface area is 145 Å². The fraction of sp³-hybridized carbons (Fsp3) is 0.211. The summed E-state index contributed by atoms with van der Waals surface area (Å²) in [5, 5.41) is 5.80. The standard InChI is InChI=1S/C19H19N3OS/c1-13-7-3-4-8-16(13)14(2)21-18(23)11-15-12-24-19(22-15)17-9-5-6-10-20-17/h3-10,12,14H,11H2,1-2H3,(H,21,23). The molecule has 3 rings (SSSR count). The Morgan fingerprint density at radius 1 is 1.21 bits per heavy atom. The molecule has 0 radical (unpaired) electrons. The maximum Gasteiger partial charge on any atom is 0.226 e. The van der Waals surface area contributed by atoms with E-state index in [9.17, 15) is 4.79 Å². The molecule has 1 atom stereocenters. The van der Waals surface area contributed by atoms with Crippen LogP contribution in [0, 0.1) is 6.92 Å². The van der Waals surface area contributed by atoms with E-state index in [2.05, 4.69) is 28.3 Å². The van der Waals surface area contributed by atoms with Gasteiger partial charge in [-0.2, -0.15) is 0 Å². The van der Waals surface area contributed by atoms with Crippen molar-refractivity contribution in [1.82, 2.24) is 15.3 Å². The molecule has 1 unspecified atom stereocenters. The van der Waals surface area contributed by atoms with Gasteiger partial charge in [-0.05, 0) is 37.1 Å². The molecular formula is C19H19N3OS. The largest absolute Gasteiger partial charge is 0.349 e. The molecule has 122 valence electrons. The molecule has 1 amide bonds. The van der Waals surface area contributed by atoms with Gasteiger partial charge in [-0.15, -0.1) is 11.3 Å². The topological polar surface area (TPSA) is 54.9 Å². The number of nitrogens with one attached hydrogen (secondary N) is 1. The zero-order valence-electron chi connectivity index (χ0n) is 13.7. The molecule has 5 heteroatoms. The number of rotatable bonds is 5. The van der Waals surface area contributed by atoms with Gasteiger partial charge in [-0.25, -0.2) is 4.98 Å². The van der Waals surface area contributed by atoms with Crippen molar-refractivity contribution >= 4 is 17.2 Å². The maximum absolute atomic E-state index is 12.3. The zero-order chi connectivity index (χ0) is 16.9. The molecule has 24 heavy (non-hydrogen) atoms. The SMILES string of the molecule is Cc1ccccc1C(C)NC(=O)Cc1csc(-c2ccccn2)n1. The van der Waals surface area contributed by atoms with Gasteiger partial charge in [0.05, 0.1) is 23.9 Å². The van der Waals surface area contributed by atoms with Crippen molar-refractivity contribution in [2.75, 3.05) is 0 Å². The van der Waals surface area contributed by atoms with Crippen LogP contribution in [0.1, 0.15) is 29.8 Å². The van der Waals surface area contributed by atoms with E-state index >= 15 is 0 Å². The normalized spacial score (nSPS) is 11.9. The molecule has 0 saturated carbocycles. The van der Waals surface area contributed by atoms with Crippen LogP contribution in [0.15, 0.2) is 54.0 Å². The van der Waals surface area contributed by atoms with Crippen LogP contribution < -0.4 is 5.32 Å². The van der Waals surface area contributed by atoms with Crippen molar-refractivity contribution in [2.24, 2.45) is 0 Å². The summed E-state index contributed by atoms with van der Waals surface area (Å²) in [5.74, 6) is -0.0244. The molecule has 2 aromatic heterocycles. The third kappa shape index (κ3) is 3.86. The van der Waals surface area contributed by atoms with Crippen LogP contribution in [0.3, 0.4) is 0 Å². The quantitative estimate of drug-likeness (QED) is 0.767. The summed E-state index contributed by atoms with van der Waals surface area (Å²) < 4.78 is 0. The van der Waals surface area contributed by atoms with Crippen LogP contribution in [0.2, 0.25) is 0 Å². The lowest BCUT2D eigenvalue weighted by Gasteiger charge is -2.16. The van der Waals surface area contributed by atoms with Crippen LogP contribution in [0.25, 0.3) is 10.7 Å². The molecule has 3 aromatic rings. The van der Waals surface area contributed by atoms with Crippen LogP contribution >= 0.6 is 11.3 Å². The number of nitrogens with zero attached hydrogens (tertiary/aromatic N) is 2. The summed E-state index contributed by atoms with van der Waals surface area (Å²) in [6.07, 6.45) is 2.02. The number of amides is 1. The molecule has 0 saturated heterocycles. The van der Waals surface area contributed by atoms with Crippen molar-refractivity contribution in [2.45, 2.75) is 26.3 Å². The van der Waals surface area contributed by atoms with Gasteiger partial charge in [-0.1, -0.05) is 30.3 Å². The Morgan fingerprint density at radius 3 is 2.75 bits per heavy atom. The predicted octanol–water partition coefficient (Wildman–Crippen LogP) is 3.93. The summed E-state index contributed by atoms with van der Waals surface area (Å²) >= 11 is 1.51. The van der Waals surface area contributed by atoms with Crippen LogP contribution in [-0.4, -0.2) is 15.9 Å². The second kappa shape index (κ2) is 7.36.